The summed E-state index contributed by atoms with van der Waals surface area (Å²) in [7, 11) is 3.69. The Hall–Kier alpha value is 1.22. The van der Waals surface area contributed by atoms with E-state index in [0.717, 1.165) is 13.0 Å². The Bertz CT molecular complexity index is 202. The molecule has 1 fully saturated rings. The first-order valence-corrected chi connectivity index (χ1v) is 4.72. The molecule has 0 aromatic heterocycles. The Kier molecular flexibility index (Phi) is 10.3. The molecule has 85 valence electrons. The van der Waals surface area contributed by atoms with Crippen LogP contribution in [-0.4, -0.2) is 29.4 Å². The Labute approximate surface area is 132 Å². The fourth-order valence-corrected chi connectivity index (χ4v) is 1.52. The van der Waals surface area contributed by atoms with Gasteiger partial charge in [-0.05, 0) is 18.9 Å². The van der Waals surface area contributed by atoms with Crippen molar-refractivity contribution >= 4 is 5.91 Å². The molecule has 1 aliphatic rings. The van der Waals surface area contributed by atoms with Gasteiger partial charge in [0, 0.05) is 53.8 Å². The number of carbonyl (C=O) groups excluding carboxylic acids is 1. The quantitative estimate of drug-likeness (QED) is 0.627. The fraction of sp³-hybridized carbons (Fsp3) is 0.700. The molecule has 1 heterocycles. The van der Waals surface area contributed by atoms with E-state index in [0.29, 0.717) is 5.92 Å². The van der Waals surface area contributed by atoms with E-state index in [1.165, 1.54) is 4.90 Å². The van der Waals surface area contributed by atoms with Gasteiger partial charge in [-0.15, -0.1) is 6.04 Å². The van der Waals surface area contributed by atoms with Crippen LogP contribution in [0.1, 0.15) is 20.3 Å². The van der Waals surface area contributed by atoms with Gasteiger partial charge < -0.3 is 17.1 Å². The molecule has 1 radical (unpaired) electrons. The average molecular weight is 455 g/mol. The molecule has 1 rings (SSSR count). The van der Waals surface area contributed by atoms with E-state index in [9.17, 15) is 4.79 Å². The molecule has 15 heavy (non-hydrogen) atoms. The van der Waals surface area contributed by atoms with E-state index in [-0.39, 0.29) is 71.8 Å². The predicted octanol–water partition coefficient (Wildman–Crippen LogP) is 0.822. The topological polar surface area (TPSA) is 32.3 Å². The molecular formula is C10H18N2OWY-2. The van der Waals surface area contributed by atoms with Crippen LogP contribution in [0.25, 0.3) is 0 Å². The Morgan fingerprint density at radius 1 is 1.60 bits per heavy atom. The van der Waals surface area contributed by atoms with Gasteiger partial charge in [0.2, 0.25) is 5.91 Å². The van der Waals surface area contributed by atoms with E-state index in [4.69, 9.17) is 0 Å². The number of carbonyl (C=O) groups is 1. The Morgan fingerprint density at radius 2 is 2.13 bits per heavy atom. The summed E-state index contributed by atoms with van der Waals surface area (Å²) in [5.41, 5.74) is 0. The number of rotatable bonds is 2. The van der Waals surface area contributed by atoms with Crippen molar-refractivity contribution in [1.29, 1.82) is 0 Å². The Morgan fingerprint density at radius 3 is 2.47 bits per heavy atom. The fourth-order valence-electron chi connectivity index (χ4n) is 1.52. The Balaban J connectivity index is 0. The molecule has 1 aliphatic heterocycles. The van der Waals surface area contributed by atoms with Gasteiger partial charge in [0.1, 0.15) is 0 Å². The smallest absolute Gasteiger partial charge is 0.208 e. The molecule has 3 nitrogen and oxygen atoms in total. The van der Waals surface area contributed by atoms with Gasteiger partial charge in [-0.1, -0.05) is 13.8 Å². The predicted molar refractivity (Wildman–Crippen MR) is 52.6 cm³/mol. The van der Waals surface area contributed by atoms with E-state index < -0.39 is 0 Å². The maximum absolute atomic E-state index is 11.7. The zero-order valence-corrected chi connectivity index (χ0v) is 15.2. The molecule has 3 unspecified atom stereocenters. The molecule has 0 saturated carbocycles. The van der Waals surface area contributed by atoms with Crippen molar-refractivity contribution in [1.82, 2.24) is 10.2 Å². The first-order valence-electron chi connectivity index (χ1n) is 4.72. The van der Waals surface area contributed by atoms with Gasteiger partial charge in [-0.25, -0.2) is 0 Å². The summed E-state index contributed by atoms with van der Waals surface area (Å²) in [6.45, 7) is 8.70. The minimum atomic E-state index is -0.0646. The first-order chi connectivity index (χ1) is 6.02. The van der Waals surface area contributed by atoms with E-state index >= 15 is 0 Å². The average Bonchev–Trinajstić information content (AvgIpc) is 2.49. The van der Waals surface area contributed by atoms with Crippen LogP contribution in [0.3, 0.4) is 0 Å². The summed E-state index contributed by atoms with van der Waals surface area (Å²) in [6.07, 6.45) is 0.914. The molecule has 0 aliphatic carbocycles. The third kappa shape index (κ3) is 5.39. The molecule has 0 aromatic carbocycles. The minimum absolute atomic E-state index is 0. The van der Waals surface area contributed by atoms with Gasteiger partial charge >= 0.3 is 0 Å². The van der Waals surface area contributed by atoms with Crippen LogP contribution in [-0.2, 0) is 58.6 Å². The second kappa shape index (κ2) is 8.33. The number of hydrogen-bond donors (Lipinski definition) is 1. The van der Waals surface area contributed by atoms with Gasteiger partial charge in [-0.2, -0.15) is 0 Å². The third-order valence-corrected chi connectivity index (χ3v) is 2.46. The summed E-state index contributed by atoms with van der Waals surface area (Å²) in [4.78, 5) is 13.1. The maximum atomic E-state index is 11.7. The molecule has 0 bridgehead atoms. The number of amides is 1. The molecule has 1 amide bonds. The molecule has 5 heteroatoms. The van der Waals surface area contributed by atoms with Gasteiger partial charge in [0.25, 0.3) is 0 Å². The molecule has 3 atom stereocenters. The second-order valence-corrected chi connectivity index (χ2v) is 3.96. The van der Waals surface area contributed by atoms with E-state index in [2.05, 4.69) is 26.2 Å². The van der Waals surface area contributed by atoms with E-state index in [1.807, 2.05) is 6.92 Å². The first kappa shape index (κ1) is 18.6. The monoisotopic (exact) mass is 455 g/mol. The van der Waals surface area contributed by atoms with Crippen molar-refractivity contribution in [3.63, 3.8) is 0 Å². The van der Waals surface area contributed by atoms with Crippen molar-refractivity contribution in [2.24, 2.45) is 5.92 Å². The normalized spacial score (nSPS) is 26.1. The van der Waals surface area contributed by atoms with Crippen molar-refractivity contribution < 1.29 is 58.6 Å². The summed E-state index contributed by atoms with van der Waals surface area (Å²) in [5, 5.41) is 3.18. The zero-order chi connectivity index (χ0) is 10.0. The van der Waals surface area contributed by atoms with Crippen LogP contribution >= 0.6 is 0 Å². The van der Waals surface area contributed by atoms with Crippen molar-refractivity contribution in [2.45, 2.75) is 32.4 Å². The van der Waals surface area contributed by atoms with Gasteiger partial charge in [0.15, 0.2) is 0 Å². The summed E-state index contributed by atoms with van der Waals surface area (Å²) >= 11 is 0. The minimum Gasteiger partial charge on any atom is -0.517 e. The second-order valence-electron chi connectivity index (χ2n) is 3.96. The SMILES string of the molecule is [CH2-]C(C)N([CH2-])C(=O)C1CC(C)CN1.[W].[Y]. The molecular weight excluding hydrogens is 437 g/mol. The standard InChI is InChI=1S/C10H18N2O.W.Y/c1-7(2)12(4)10(13)9-5-8(3)6-11-9;;/h7-9,11H,1,4-6H2,2-3H3;;/q-2;;. The van der Waals surface area contributed by atoms with Crippen molar-refractivity contribution in [2.75, 3.05) is 6.54 Å². The third-order valence-electron chi connectivity index (χ3n) is 2.46. The van der Waals surface area contributed by atoms with Crippen LogP contribution in [0.2, 0.25) is 0 Å². The summed E-state index contributed by atoms with van der Waals surface area (Å²) in [5.74, 6) is 0.648. The van der Waals surface area contributed by atoms with E-state index in [1.54, 1.807) is 0 Å². The number of nitrogens with one attached hydrogen (secondary N) is 1. The van der Waals surface area contributed by atoms with Crippen LogP contribution in [0.15, 0.2) is 0 Å². The molecule has 1 N–H and O–H groups in total. The number of nitrogens with zero attached hydrogens (tertiary/aromatic N) is 1. The number of hydrogen-bond acceptors (Lipinski definition) is 2. The van der Waals surface area contributed by atoms with Crippen LogP contribution in [0.5, 0.6) is 0 Å². The zero-order valence-electron chi connectivity index (χ0n) is 9.40. The largest absolute Gasteiger partial charge is 0.517 e. The van der Waals surface area contributed by atoms with Crippen LogP contribution in [0, 0.1) is 19.9 Å². The molecule has 0 aromatic rings. The van der Waals surface area contributed by atoms with Crippen molar-refractivity contribution in [3.8, 4) is 0 Å². The summed E-state index contributed by atoms with van der Waals surface area (Å²) < 4.78 is 0. The summed E-state index contributed by atoms with van der Waals surface area (Å²) in [6, 6.07) is -0.109. The molecule has 0 spiro atoms. The van der Waals surface area contributed by atoms with Crippen LogP contribution < -0.4 is 5.32 Å². The van der Waals surface area contributed by atoms with Gasteiger partial charge in [-0.3, -0.25) is 11.8 Å². The van der Waals surface area contributed by atoms with Crippen molar-refractivity contribution in [3.05, 3.63) is 14.0 Å². The van der Waals surface area contributed by atoms with Gasteiger partial charge in [0.05, 0.1) is 6.04 Å². The maximum Gasteiger partial charge on any atom is 0.208 e. The van der Waals surface area contributed by atoms with Crippen LogP contribution in [0.4, 0.5) is 0 Å². The molecule has 1 saturated heterocycles.